The Balaban J connectivity index is 2.51. The fourth-order valence-electron chi connectivity index (χ4n) is 1.44. The van der Waals surface area contributed by atoms with Crippen LogP contribution in [0.5, 0.6) is 0 Å². The van der Waals surface area contributed by atoms with Crippen molar-refractivity contribution in [3.63, 3.8) is 0 Å². The summed E-state index contributed by atoms with van der Waals surface area (Å²) in [5.41, 5.74) is 11.0. The second kappa shape index (κ2) is 3.69. The van der Waals surface area contributed by atoms with Crippen LogP contribution in [-0.4, -0.2) is 10.2 Å². The predicted octanol–water partition coefficient (Wildman–Crippen LogP) is 2.26. The van der Waals surface area contributed by atoms with Gasteiger partial charge in [-0.1, -0.05) is 12.1 Å². The molecule has 0 spiro atoms. The molecule has 0 saturated heterocycles. The van der Waals surface area contributed by atoms with E-state index in [1.54, 1.807) is 0 Å². The SMILES string of the molecule is Nc1n[nH]c(-c2cccc(C(F)(F)F)c2)c1N. The van der Waals surface area contributed by atoms with Crippen LogP contribution in [0.2, 0.25) is 0 Å². The van der Waals surface area contributed by atoms with Gasteiger partial charge < -0.3 is 11.5 Å². The van der Waals surface area contributed by atoms with Crippen molar-refractivity contribution in [2.45, 2.75) is 6.18 Å². The zero-order valence-corrected chi connectivity index (χ0v) is 8.55. The van der Waals surface area contributed by atoms with Crippen LogP contribution in [-0.2, 0) is 6.18 Å². The first-order valence-corrected chi connectivity index (χ1v) is 4.66. The molecule has 0 radical (unpaired) electrons. The number of nitrogen functional groups attached to an aromatic ring is 2. The number of hydrogen-bond acceptors (Lipinski definition) is 3. The molecule has 2 aromatic rings. The summed E-state index contributed by atoms with van der Waals surface area (Å²) >= 11 is 0. The van der Waals surface area contributed by atoms with E-state index in [1.165, 1.54) is 12.1 Å². The number of nitrogens with one attached hydrogen (secondary N) is 1. The third-order valence-corrected chi connectivity index (χ3v) is 2.31. The van der Waals surface area contributed by atoms with E-state index in [-0.39, 0.29) is 17.2 Å². The summed E-state index contributed by atoms with van der Waals surface area (Å²) in [6.45, 7) is 0. The lowest BCUT2D eigenvalue weighted by Crippen LogP contribution is -2.04. The average molecular weight is 242 g/mol. The first kappa shape index (κ1) is 11.3. The van der Waals surface area contributed by atoms with Crippen LogP contribution in [0.15, 0.2) is 24.3 Å². The van der Waals surface area contributed by atoms with E-state index in [2.05, 4.69) is 10.2 Å². The lowest BCUT2D eigenvalue weighted by atomic mass is 10.1. The Labute approximate surface area is 94.4 Å². The normalized spacial score (nSPS) is 11.7. The fourth-order valence-corrected chi connectivity index (χ4v) is 1.44. The summed E-state index contributed by atoms with van der Waals surface area (Å²) in [5, 5.41) is 6.13. The molecule has 0 aliphatic carbocycles. The quantitative estimate of drug-likeness (QED) is 0.717. The summed E-state index contributed by atoms with van der Waals surface area (Å²) in [6, 6.07) is 4.77. The molecule has 1 heterocycles. The maximum Gasteiger partial charge on any atom is 0.416 e. The van der Waals surface area contributed by atoms with Gasteiger partial charge in [0.2, 0.25) is 0 Å². The van der Waals surface area contributed by atoms with Gasteiger partial charge in [-0.25, -0.2) is 0 Å². The lowest BCUT2D eigenvalue weighted by molar-refractivity contribution is -0.137. The molecule has 1 aromatic heterocycles. The number of halogens is 3. The number of aromatic amines is 1. The molecule has 4 nitrogen and oxygen atoms in total. The van der Waals surface area contributed by atoms with E-state index < -0.39 is 11.7 Å². The molecule has 0 bridgehead atoms. The number of nitrogens with two attached hydrogens (primary N) is 2. The third-order valence-electron chi connectivity index (χ3n) is 2.31. The number of anilines is 2. The van der Waals surface area contributed by atoms with E-state index in [9.17, 15) is 13.2 Å². The Hall–Kier alpha value is -2.18. The summed E-state index contributed by atoms with van der Waals surface area (Å²) in [5.74, 6) is 0.0670. The van der Waals surface area contributed by atoms with E-state index >= 15 is 0 Å². The standard InChI is InChI=1S/C10H9F3N4/c11-10(12,13)6-3-1-2-5(4-6)8-7(14)9(15)17-16-8/h1-4H,14H2,(H3,15,16,17). The Kier molecular flexibility index (Phi) is 2.45. The highest BCUT2D eigenvalue weighted by molar-refractivity contribution is 5.80. The van der Waals surface area contributed by atoms with Crippen LogP contribution in [0.1, 0.15) is 5.56 Å². The Morgan fingerprint density at radius 3 is 2.41 bits per heavy atom. The molecule has 5 N–H and O–H groups in total. The van der Waals surface area contributed by atoms with E-state index in [4.69, 9.17) is 11.5 Å². The second-order valence-electron chi connectivity index (χ2n) is 3.48. The predicted molar refractivity (Wildman–Crippen MR) is 57.9 cm³/mol. The van der Waals surface area contributed by atoms with Gasteiger partial charge in [0, 0.05) is 5.56 Å². The monoisotopic (exact) mass is 242 g/mol. The second-order valence-corrected chi connectivity index (χ2v) is 3.48. The molecule has 1 aromatic carbocycles. The van der Waals surface area contributed by atoms with Gasteiger partial charge in [0.15, 0.2) is 5.82 Å². The Bertz CT molecular complexity index is 545. The van der Waals surface area contributed by atoms with Gasteiger partial charge in [0.05, 0.1) is 11.3 Å². The average Bonchev–Trinajstić information content (AvgIpc) is 2.59. The highest BCUT2D eigenvalue weighted by Gasteiger charge is 2.30. The number of H-pyrrole nitrogens is 1. The van der Waals surface area contributed by atoms with E-state index in [1.807, 2.05) is 0 Å². The van der Waals surface area contributed by atoms with Crippen LogP contribution in [0, 0.1) is 0 Å². The number of aromatic nitrogens is 2. The Morgan fingerprint density at radius 2 is 1.88 bits per heavy atom. The molecule has 0 amide bonds. The zero-order chi connectivity index (χ0) is 12.6. The molecule has 0 aliphatic heterocycles. The molecular weight excluding hydrogens is 233 g/mol. The van der Waals surface area contributed by atoms with Crippen molar-refractivity contribution < 1.29 is 13.2 Å². The first-order chi connectivity index (χ1) is 7.89. The Morgan fingerprint density at radius 1 is 1.18 bits per heavy atom. The van der Waals surface area contributed by atoms with Gasteiger partial charge in [-0.3, -0.25) is 5.10 Å². The third kappa shape index (κ3) is 2.03. The molecule has 0 unspecified atom stereocenters. The maximum absolute atomic E-state index is 12.5. The molecular formula is C10H9F3N4. The van der Waals surface area contributed by atoms with Crippen LogP contribution < -0.4 is 11.5 Å². The molecule has 17 heavy (non-hydrogen) atoms. The van der Waals surface area contributed by atoms with Crippen molar-refractivity contribution in [3.8, 4) is 11.3 Å². The first-order valence-electron chi connectivity index (χ1n) is 4.66. The summed E-state index contributed by atoms with van der Waals surface area (Å²) in [6.07, 6.45) is -4.39. The molecule has 0 fully saturated rings. The molecule has 2 rings (SSSR count). The molecule has 7 heteroatoms. The number of alkyl halides is 3. The highest BCUT2D eigenvalue weighted by atomic mass is 19.4. The van der Waals surface area contributed by atoms with E-state index in [0.717, 1.165) is 12.1 Å². The van der Waals surface area contributed by atoms with Gasteiger partial charge in [-0.15, -0.1) is 0 Å². The molecule has 0 atom stereocenters. The van der Waals surface area contributed by atoms with Gasteiger partial charge >= 0.3 is 6.18 Å². The fraction of sp³-hybridized carbons (Fsp3) is 0.100. The van der Waals surface area contributed by atoms with Crippen molar-refractivity contribution in [2.24, 2.45) is 0 Å². The number of hydrogen-bond donors (Lipinski definition) is 3. The molecule has 0 saturated carbocycles. The number of nitrogens with zero attached hydrogens (tertiary/aromatic N) is 1. The minimum atomic E-state index is -4.39. The number of benzene rings is 1. The van der Waals surface area contributed by atoms with Crippen molar-refractivity contribution in [2.75, 3.05) is 11.5 Å². The van der Waals surface area contributed by atoms with Crippen molar-refractivity contribution in [3.05, 3.63) is 29.8 Å². The minimum Gasteiger partial charge on any atom is -0.394 e. The molecule has 0 aliphatic rings. The van der Waals surface area contributed by atoms with Crippen LogP contribution in [0.3, 0.4) is 0 Å². The lowest BCUT2D eigenvalue weighted by Gasteiger charge is -2.08. The maximum atomic E-state index is 12.5. The minimum absolute atomic E-state index is 0.0670. The number of rotatable bonds is 1. The van der Waals surface area contributed by atoms with Crippen molar-refractivity contribution in [1.29, 1.82) is 0 Å². The summed E-state index contributed by atoms with van der Waals surface area (Å²) < 4.78 is 37.5. The zero-order valence-electron chi connectivity index (χ0n) is 8.55. The van der Waals surface area contributed by atoms with Gasteiger partial charge in [-0.05, 0) is 12.1 Å². The van der Waals surface area contributed by atoms with Crippen molar-refractivity contribution in [1.82, 2.24) is 10.2 Å². The summed E-state index contributed by atoms with van der Waals surface area (Å²) in [7, 11) is 0. The van der Waals surface area contributed by atoms with Crippen LogP contribution in [0.25, 0.3) is 11.3 Å². The topological polar surface area (TPSA) is 80.7 Å². The molecule has 90 valence electrons. The van der Waals surface area contributed by atoms with Gasteiger partial charge in [0.25, 0.3) is 0 Å². The van der Waals surface area contributed by atoms with Gasteiger partial charge in [0.1, 0.15) is 5.69 Å². The van der Waals surface area contributed by atoms with E-state index in [0.29, 0.717) is 5.56 Å². The van der Waals surface area contributed by atoms with Crippen molar-refractivity contribution >= 4 is 11.5 Å². The highest BCUT2D eigenvalue weighted by Crippen LogP contribution is 2.33. The largest absolute Gasteiger partial charge is 0.416 e. The smallest absolute Gasteiger partial charge is 0.394 e. The van der Waals surface area contributed by atoms with Crippen LogP contribution >= 0.6 is 0 Å². The van der Waals surface area contributed by atoms with Crippen LogP contribution in [0.4, 0.5) is 24.7 Å². The summed E-state index contributed by atoms with van der Waals surface area (Å²) in [4.78, 5) is 0. The van der Waals surface area contributed by atoms with Gasteiger partial charge in [-0.2, -0.15) is 18.3 Å².